The lowest BCUT2D eigenvalue weighted by Crippen LogP contribution is -2.37. The van der Waals surface area contributed by atoms with Crippen molar-refractivity contribution in [2.45, 2.75) is 6.42 Å². The third kappa shape index (κ3) is 7.30. The molecule has 1 aliphatic heterocycles. The van der Waals surface area contributed by atoms with Crippen molar-refractivity contribution >= 4 is 61.2 Å². The molecule has 2 aromatic carbocycles. The van der Waals surface area contributed by atoms with Crippen molar-refractivity contribution in [2.24, 2.45) is 5.10 Å². The maximum atomic E-state index is 12.2. The van der Waals surface area contributed by atoms with Gasteiger partial charge in [0.2, 0.25) is 0 Å². The molecule has 4 N–H and O–H groups in total. The van der Waals surface area contributed by atoms with Gasteiger partial charge in [-0.25, -0.2) is 20.2 Å². The van der Waals surface area contributed by atoms with Gasteiger partial charge in [0.1, 0.15) is 11.6 Å². The molecular weight excluding hydrogens is 582 g/mol. The average Bonchev–Trinajstić information content (AvgIpc) is 3.43. The van der Waals surface area contributed by atoms with Gasteiger partial charge in [-0.2, -0.15) is 5.10 Å². The molecule has 5 rings (SSSR count). The van der Waals surface area contributed by atoms with Crippen LogP contribution in [-0.4, -0.2) is 71.6 Å². The number of hydrazone groups is 1. The fraction of sp³-hybridized carbons (Fsp3) is 0.259. The van der Waals surface area contributed by atoms with Crippen LogP contribution in [0.25, 0.3) is 21.6 Å². The molecule has 1 fully saturated rings. The van der Waals surface area contributed by atoms with Crippen LogP contribution in [0.4, 0.5) is 16.3 Å². The number of hydrogen-bond acceptors (Lipinski definition) is 9. The number of thiophene rings is 1. The maximum Gasteiger partial charge on any atom is 0.339 e. The molecule has 2 aromatic heterocycles. The molecule has 4 aromatic rings. The van der Waals surface area contributed by atoms with E-state index in [1.807, 2.05) is 23.6 Å². The minimum Gasteiger partial charge on any atom is -0.507 e. The number of ether oxygens (including phenoxy) is 1. The summed E-state index contributed by atoms with van der Waals surface area (Å²) < 4.78 is 7.01. The number of benzene rings is 2. The van der Waals surface area contributed by atoms with Crippen LogP contribution in [0, 0.1) is 0 Å². The van der Waals surface area contributed by atoms with Crippen molar-refractivity contribution in [3.05, 3.63) is 63.9 Å². The van der Waals surface area contributed by atoms with E-state index in [0.717, 1.165) is 73.0 Å². The van der Waals surface area contributed by atoms with Gasteiger partial charge < -0.3 is 20.5 Å². The smallest absolute Gasteiger partial charge is 0.339 e. The summed E-state index contributed by atoms with van der Waals surface area (Å²) in [4.78, 5) is 24.2. The second kappa shape index (κ2) is 13.0. The number of morpholine rings is 1. The Hall–Kier alpha value is -3.58. The van der Waals surface area contributed by atoms with Gasteiger partial charge in [-0.05, 0) is 88.4 Å². The van der Waals surface area contributed by atoms with E-state index in [1.165, 1.54) is 6.21 Å². The monoisotopic (exact) mass is 609 g/mol. The highest BCUT2D eigenvalue weighted by Crippen LogP contribution is 2.29. The van der Waals surface area contributed by atoms with Gasteiger partial charge in [-0.1, -0.05) is 0 Å². The van der Waals surface area contributed by atoms with E-state index < -0.39 is 6.03 Å². The topological polar surface area (TPSA) is 124 Å². The van der Waals surface area contributed by atoms with E-state index in [2.05, 4.69) is 42.0 Å². The Morgan fingerprint density at radius 1 is 1.15 bits per heavy atom. The molecule has 0 unspecified atom stereocenters. The first-order chi connectivity index (χ1) is 19.0. The zero-order valence-electron chi connectivity index (χ0n) is 21.1. The number of carbonyl (C=O) groups excluding carboxylic acids is 1. The Bertz CT molecular complexity index is 1460. The number of aromatic nitrogens is 2. The lowest BCUT2D eigenvalue weighted by molar-refractivity contribution is 0.0378. The Balaban J connectivity index is 1.18. The molecule has 10 nitrogen and oxygen atoms in total. The van der Waals surface area contributed by atoms with Crippen LogP contribution >= 0.6 is 27.3 Å². The average molecular weight is 611 g/mol. The van der Waals surface area contributed by atoms with Crippen molar-refractivity contribution in [1.82, 2.24) is 20.3 Å². The third-order valence-corrected chi connectivity index (χ3v) is 7.65. The van der Waals surface area contributed by atoms with E-state index in [4.69, 9.17) is 14.7 Å². The van der Waals surface area contributed by atoms with E-state index in [0.29, 0.717) is 16.0 Å². The van der Waals surface area contributed by atoms with E-state index in [1.54, 1.807) is 41.7 Å². The molecule has 39 heavy (non-hydrogen) atoms. The van der Waals surface area contributed by atoms with E-state index >= 15 is 0 Å². The number of nitrogens with zero attached hydrogens (tertiary/aromatic N) is 4. The highest BCUT2D eigenvalue weighted by molar-refractivity contribution is 9.10. The second-order valence-corrected chi connectivity index (χ2v) is 10.6. The van der Waals surface area contributed by atoms with Gasteiger partial charge in [0, 0.05) is 30.9 Å². The van der Waals surface area contributed by atoms with Crippen molar-refractivity contribution in [2.75, 3.05) is 50.0 Å². The lowest BCUT2D eigenvalue weighted by atomic mass is 10.2. The van der Waals surface area contributed by atoms with Gasteiger partial charge in [0.25, 0.3) is 0 Å². The number of rotatable bonds is 9. The molecule has 1 saturated heterocycles. The molecule has 0 saturated carbocycles. The number of carbonyl (C=O) groups is 1. The number of fused-ring (bicyclic) bond motifs is 1. The van der Waals surface area contributed by atoms with Gasteiger partial charge in [0.15, 0.2) is 5.82 Å². The van der Waals surface area contributed by atoms with Crippen LogP contribution < -0.4 is 16.1 Å². The van der Waals surface area contributed by atoms with Crippen molar-refractivity contribution < 1.29 is 14.6 Å². The third-order valence-electron chi connectivity index (χ3n) is 6.10. The van der Waals surface area contributed by atoms with Gasteiger partial charge in [-0.15, -0.1) is 11.3 Å². The molecule has 0 spiro atoms. The summed E-state index contributed by atoms with van der Waals surface area (Å²) in [7, 11) is 0. The quantitative estimate of drug-likeness (QED) is 0.118. The largest absolute Gasteiger partial charge is 0.507 e. The predicted molar refractivity (Wildman–Crippen MR) is 159 cm³/mol. The first-order valence-electron chi connectivity index (χ1n) is 12.5. The summed E-state index contributed by atoms with van der Waals surface area (Å²) >= 11 is 4.87. The van der Waals surface area contributed by atoms with Crippen LogP contribution in [0.3, 0.4) is 0 Å². The minimum atomic E-state index is -0.476. The number of phenols is 1. The highest BCUT2D eigenvalue weighted by Gasteiger charge is 2.13. The fourth-order valence-corrected chi connectivity index (χ4v) is 5.27. The maximum absolute atomic E-state index is 12.2. The first-order valence-corrected chi connectivity index (χ1v) is 14.2. The summed E-state index contributed by atoms with van der Waals surface area (Å²) in [6.07, 6.45) is 2.50. The summed E-state index contributed by atoms with van der Waals surface area (Å²) in [5.41, 5.74) is 5.51. The standard InChI is InChI=1S/C27H28BrN7O3S/c28-21-16-18(2-7-23(21)36)17-30-34-27(37)31-20-5-3-19(4-6-20)25-32-22-8-15-39-24(22)26(33-25)29-9-1-10-35-11-13-38-14-12-35/h2-8,15-17,36H,1,9-14H2,(H,29,32,33)(H2,31,34,37)/b30-17+. The normalized spacial score (nSPS) is 14.1. The summed E-state index contributed by atoms with van der Waals surface area (Å²) in [6.45, 7) is 5.46. The van der Waals surface area contributed by atoms with Crippen molar-refractivity contribution in [3.63, 3.8) is 0 Å². The Morgan fingerprint density at radius 2 is 1.97 bits per heavy atom. The van der Waals surface area contributed by atoms with Crippen LogP contribution in [0.2, 0.25) is 0 Å². The molecule has 2 amide bonds. The zero-order valence-corrected chi connectivity index (χ0v) is 23.5. The molecule has 0 radical (unpaired) electrons. The Kier molecular flexibility index (Phi) is 8.99. The Labute approximate surface area is 238 Å². The number of hydrogen-bond donors (Lipinski definition) is 4. The Morgan fingerprint density at radius 3 is 2.77 bits per heavy atom. The summed E-state index contributed by atoms with van der Waals surface area (Å²) in [5.74, 6) is 1.60. The fourth-order valence-electron chi connectivity index (χ4n) is 4.08. The number of amides is 2. The van der Waals surface area contributed by atoms with E-state index in [-0.39, 0.29) is 5.75 Å². The summed E-state index contributed by atoms with van der Waals surface area (Å²) in [6, 6.07) is 13.8. The van der Waals surface area contributed by atoms with Crippen LogP contribution in [0.15, 0.2) is 63.5 Å². The number of anilines is 2. The highest BCUT2D eigenvalue weighted by atomic mass is 79.9. The molecule has 202 valence electrons. The number of aromatic hydroxyl groups is 1. The number of phenolic OH excluding ortho intramolecular Hbond substituents is 1. The van der Waals surface area contributed by atoms with Crippen LogP contribution in [0.1, 0.15) is 12.0 Å². The lowest BCUT2D eigenvalue weighted by Gasteiger charge is -2.26. The van der Waals surface area contributed by atoms with Crippen LogP contribution in [0.5, 0.6) is 5.75 Å². The number of nitrogens with one attached hydrogen (secondary N) is 3. The number of halogens is 1. The van der Waals surface area contributed by atoms with Crippen molar-refractivity contribution in [1.29, 1.82) is 0 Å². The molecule has 0 bridgehead atoms. The van der Waals surface area contributed by atoms with Gasteiger partial charge >= 0.3 is 6.03 Å². The SMILES string of the molecule is O=C(N/N=C/c1ccc(O)c(Br)c1)Nc1ccc(-c2nc(NCCCN3CCOCC3)c3sccc3n2)cc1. The van der Waals surface area contributed by atoms with Gasteiger partial charge in [-0.3, -0.25) is 4.90 Å². The molecule has 0 aliphatic carbocycles. The van der Waals surface area contributed by atoms with Gasteiger partial charge in [0.05, 0.1) is 34.1 Å². The summed E-state index contributed by atoms with van der Waals surface area (Å²) in [5, 5.41) is 21.8. The zero-order chi connectivity index (χ0) is 27.0. The van der Waals surface area contributed by atoms with Crippen molar-refractivity contribution in [3.8, 4) is 17.1 Å². The molecular formula is C27H28BrN7O3S. The molecule has 0 atom stereocenters. The molecule has 1 aliphatic rings. The number of urea groups is 1. The first kappa shape index (κ1) is 27.0. The molecule has 3 heterocycles. The predicted octanol–water partition coefficient (Wildman–Crippen LogP) is 5.12. The molecule has 12 heteroatoms. The van der Waals surface area contributed by atoms with E-state index in [9.17, 15) is 9.90 Å². The minimum absolute atomic E-state index is 0.133. The van der Waals surface area contributed by atoms with Crippen LogP contribution in [-0.2, 0) is 4.74 Å². The second-order valence-electron chi connectivity index (χ2n) is 8.88.